The van der Waals surface area contributed by atoms with Gasteiger partial charge in [0.25, 0.3) is 0 Å². The van der Waals surface area contributed by atoms with Gasteiger partial charge in [-0.15, -0.1) is 0 Å². The van der Waals surface area contributed by atoms with Crippen LogP contribution in [-0.4, -0.2) is 39.0 Å². The van der Waals surface area contributed by atoms with Crippen LogP contribution in [0.4, 0.5) is 0 Å². The fourth-order valence-electron chi connectivity index (χ4n) is 2.70. The van der Waals surface area contributed by atoms with Crippen LogP contribution in [0.3, 0.4) is 0 Å². The molecule has 0 radical (unpaired) electrons. The molecule has 0 aliphatic heterocycles. The molecule has 1 fully saturated rings. The first kappa shape index (κ1) is 15.9. The minimum atomic E-state index is 0.372. The Morgan fingerprint density at radius 1 is 1.28 bits per heavy atom. The van der Waals surface area contributed by atoms with Crippen molar-refractivity contribution in [2.24, 2.45) is 5.41 Å². The highest BCUT2D eigenvalue weighted by atomic mass is 16.5. The molecule has 0 spiro atoms. The summed E-state index contributed by atoms with van der Waals surface area (Å²) in [5, 5.41) is 3.64. The molecule has 0 heterocycles. The minimum Gasteiger partial charge on any atom is -0.385 e. The largest absolute Gasteiger partial charge is 0.385 e. The predicted molar refractivity (Wildman–Crippen MR) is 75.9 cm³/mol. The highest BCUT2D eigenvalue weighted by Crippen LogP contribution is 2.36. The first-order valence-electron chi connectivity index (χ1n) is 7.43. The van der Waals surface area contributed by atoms with E-state index in [9.17, 15) is 0 Å². The van der Waals surface area contributed by atoms with E-state index in [1.165, 1.54) is 25.7 Å². The van der Waals surface area contributed by atoms with Crippen molar-refractivity contribution < 1.29 is 9.47 Å². The molecular formula is C15H31NO2. The Balaban J connectivity index is 2.38. The van der Waals surface area contributed by atoms with Crippen molar-refractivity contribution in [3.63, 3.8) is 0 Å². The molecule has 18 heavy (non-hydrogen) atoms. The molecule has 3 heteroatoms. The molecule has 1 saturated carbocycles. The highest BCUT2D eigenvalue weighted by molar-refractivity contribution is 4.89. The van der Waals surface area contributed by atoms with Crippen LogP contribution >= 0.6 is 0 Å². The van der Waals surface area contributed by atoms with Crippen molar-refractivity contribution in [3.05, 3.63) is 0 Å². The van der Waals surface area contributed by atoms with Crippen molar-refractivity contribution in [1.82, 2.24) is 5.32 Å². The van der Waals surface area contributed by atoms with E-state index in [0.29, 0.717) is 17.6 Å². The summed E-state index contributed by atoms with van der Waals surface area (Å²) < 4.78 is 11.2. The molecule has 1 N–H and O–H groups in total. The van der Waals surface area contributed by atoms with Crippen molar-refractivity contribution >= 4 is 0 Å². The summed E-state index contributed by atoms with van der Waals surface area (Å²) in [4.78, 5) is 0. The van der Waals surface area contributed by atoms with E-state index < -0.39 is 0 Å². The number of hydrogen-bond acceptors (Lipinski definition) is 3. The van der Waals surface area contributed by atoms with E-state index in [2.05, 4.69) is 26.1 Å². The average molecular weight is 257 g/mol. The zero-order chi connectivity index (χ0) is 13.4. The van der Waals surface area contributed by atoms with Gasteiger partial charge in [-0.2, -0.15) is 0 Å². The molecule has 1 aliphatic carbocycles. The number of ether oxygens (including phenoxy) is 2. The average Bonchev–Trinajstić information content (AvgIpc) is 2.33. The Bertz CT molecular complexity index is 219. The third kappa shape index (κ3) is 5.68. The van der Waals surface area contributed by atoms with Crippen LogP contribution in [0.25, 0.3) is 0 Å². The van der Waals surface area contributed by atoms with Gasteiger partial charge in [0.15, 0.2) is 0 Å². The van der Waals surface area contributed by atoms with Crippen LogP contribution in [-0.2, 0) is 9.47 Å². The Morgan fingerprint density at radius 3 is 2.72 bits per heavy atom. The van der Waals surface area contributed by atoms with Gasteiger partial charge < -0.3 is 14.8 Å². The molecule has 1 aliphatic rings. The Labute approximate surface area is 113 Å². The lowest BCUT2D eigenvalue weighted by Gasteiger charge is -2.41. The number of methoxy groups -OCH3 is 1. The zero-order valence-corrected chi connectivity index (χ0v) is 12.6. The maximum absolute atomic E-state index is 6.09. The maximum atomic E-state index is 6.09. The first-order valence-corrected chi connectivity index (χ1v) is 7.43. The van der Waals surface area contributed by atoms with Crippen LogP contribution in [0.15, 0.2) is 0 Å². The lowest BCUT2D eigenvalue weighted by atomic mass is 9.74. The lowest BCUT2D eigenvalue weighted by Crippen LogP contribution is -2.48. The second-order valence-electron chi connectivity index (χ2n) is 6.22. The van der Waals surface area contributed by atoms with Crippen molar-refractivity contribution in [2.45, 2.75) is 65.0 Å². The van der Waals surface area contributed by atoms with Gasteiger partial charge in [-0.25, -0.2) is 0 Å². The summed E-state index contributed by atoms with van der Waals surface area (Å²) >= 11 is 0. The van der Waals surface area contributed by atoms with E-state index in [0.717, 1.165) is 26.2 Å². The molecule has 2 atom stereocenters. The quantitative estimate of drug-likeness (QED) is 0.678. The lowest BCUT2D eigenvalue weighted by molar-refractivity contribution is -0.0331. The molecule has 3 nitrogen and oxygen atoms in total. The van der Waals surface area contributed by atoms with Gasteiger partial charge >= 0.3 is 0 Å². The molecule has 0 aromatic rings. The van der Waals surface area contributed by atoms with Crippen molar-refractivity contribution in [1.29, 1.82) is 0 Å². The molecule has 0 amide bonds. The number of nitrogens with one attached hydrogen (secondary N) is 1. The van der Waals surface area contributed by atoms with Gasteiger partial charge in [-0.05, 0) is 44.1 Å². The minimum absolute atomic E-state index is 0.372. The van der Waals surface area contributed by atoms with E-state index in [1.54, 1.807) is 7.11 Å². The fraction of sp³-hybridized carbons (Fsp3) is 1.00. The van der Waals surface area contributed by atoms with E-state index in [1.807, 2.05) is 0 Å². The molecule has 0 aromatic carbocycles. The molecule has 0 saturated heterocycles. The third-order valence-electron chi connectivity index (χ3n) is 3.82. The van der Waals surface area contributed by atoms with Crippen LogP contribution < -0.4 is 5.32 Å². The van der Waals surface area contributed by atoms with Crippen LogP contribution in [0.1, 0.15) is 52.9 Å². The van der Waals surface area contributed by atoms with Crippen molar-refractivity contribution in [3.8, 4) is 0 Å². The normalized spacial score (nSPS) is 27.3. The number of rotatable bonds is 8. The standard InChI is InChI=1S/C15H31NO2/c1-5-9-16-13-7-8-15(2,3)12-14(13)18-11-6-10-17-4/h13-14,16H,5-12H2,1-4H3. The SMILES string of the molecule is CCCNC1CCC(C)(C)CC1OCCCOC. The van der Waals surface area contributed by atoms with Crippen LogP contribution in [0.5, 0.6) is 0 Å². The molecular weight excluding hydrogens is 226 g/mol. The van der Waals surface area contributed by atoms with Gasteiger partial charge in [0.2, 0.25) is 0 Å². The van der Waals surface area contributed by atoms with Gasteiger partial charge in [0.05, 0.1) is 6.10 Å². The topological polar surface area (TPSA) is 30.5 Å². The van der Waals surface area contributed by atoms with E-state index >= 15 is 0 Å². The van der Waals surface area contributed by atoms with Crippen LogP contribution in [0.2, 0.25) is 0 Å². The summed E-state index contributed by atoms with van der Waals surface area (Å²) in [5.41, 5.74) is 0.427. The van der Waals surface area contributed by atoms with E-state index in [-0.39, 0.29) is 0 Å². The van der Waals surface area contributed by atoms with Gasteiger partial charge in [-0.3, -0.25) is 0 Å². The Hall–Kier alpha value is -0.120. The summed E-state index contributed by atoms with van der Waals surface area (Å²) in [7, 11) is 1.75. The molecule has 0 bridgehead atoms. The molecule has 2 unspecified atom stereocenters. The van der Waals surface area contributed by atoms with Gasteiger partial charge in [0.1, 0.15) is 0 Å². The Kier molecular flexibility index (Phi) is 7.20. The van der Waals surface area contributed by atoms with E-state index in [4.69, 9.17) is 9.47 Å². The summed E-state index contributed by atoms with van der Waals surface area (Å²) in [6.45, 7) is 9.64. The monoisotopic (exact) mass is 257 g/mol. The third-order valence-corrected chi connectivity index (χ3v) is 3.82. The fourth-order valence-corrected chi connectivity index (χ4v) is 2.70. The van der Waals surface area contributed by atoms with Crippen molar-refractivity contribution in [2.75, 3.05) is 26.9 Å². The molecule has 0 aromatic heterocycles. The highest BCUT2D eigenvalue weighted by Gasteiger charge is 2.34. The summed E-state index contributed by atoms with van der Waals surface area (Å²) in [5.74, 6) is 0. The Morgan fingerprint density at radius 2 is 2.06 bits per heavy atom. The second kappa shape index (κ2) is 8.13. The van der Waals surface area contributed by atoms with Crippen LogP contribution in [0, 0.1) is 5.41 Å². The predicted octanol–water partition coefficient (Wildman–Crippen LogP) is 2.99. The molecule has 108 valence electrons. The number of hydrogen-bond donors (Lipinski definition) is 1. The summed E-state index contributed by atoms with van der Waals surface area (Å²) in [6, 6.07) is 0.542. The first-order chi connectivity index (χ1) is 8.59. The summed E-state index contributed by atoms with van der Waals surface area (Å²) in [6.07, 6.45) is 6.26. The zero-order valence-electron chi connectivity index (χ0n) is 12.6. The van der Waals surface area contributed by atoms with Gasteiger partial charge in [-0.1, -0.05) is 20.8 Å². The van der Waals surface area contributed by atoms with Gasteiger partial charge in [0, 0.05) is 26.4 Å². The smallest absolute Gasteiger partial charge is 0.0733 e. The maximum Gasteiger partial charge on any atom is 0.0733 e. The second-order valence-corrected chi connectivity index (χ2v) is 6.22. The molecule has 1 rings (SSSR count).